The summed E-state index contributed by atoms with van der Waals surface area (Å²) in [7, 11) is 0. The number of nitrogens with two attached hydrogens (primary N) is 1. The first kappa shape index (κ1) is 18.2. The molecular weight excluding hydrogens is 290 g/mol. The van der Waals surface area contributed by atoms with Crippen LogP contribution in [0.25, 0.3) is 11.1 Å². The van der Waals surface area contributed by atoms with Crippen molar-refractivity contribution in [1.82, 2.24) is 0 Å². The number of rotatable bonds is 7. The summed E-state index contributed by atoms with van der Waals surface area (Å²) in [5.74, 6) is 0.746. The van der Waals surface area contributed by atoms with Crippen LogP contribution in [-0.4, -0.2) is 6.04 Å². The van der Waals surface area contributed by atoms with Gasteiger partial charge in [-0.3, -0.25) is 0 Å². The van der Waals surface area contributed by atoms with Gasteiger partial charge in [0.1, 0.15) is 0 Å². The van der Waals surface area contributed by atoms with Gasteiger partial charge in [-0.1, -0.05) is 78.9 Å². The predicted molar refractivity (Wildman–Crippen MR) is 106 cm³/mol. The molecule has 1 nitrogen and oxygen atoms in total. The molecule has 0 bridgehead atoms. The van der Waals surface area contributed by atoms with Crippen molar-refractivity contribution >= 4 is 0 Å². The molecule has 0 aromatic heterocycles. The van der Waals surface area contributed by atoms with Gasteiger partial charge in [-0.15, -0.1) is 0 Å². The van der Waals surface area contributed by atoms with Crippen LogP contribution in [0.4, 0.5) is 0 Å². The van der Waals surface area contributed by atoms with Crippen LogP contribution in [0, 0.1) is 5.92 Å². The molecule has 0 heterocycles. The molecule has 2 N–H and O–H groups in total. The first-order valence-corrected chi connectivity index (χ1v) is 8.82. The highest BCUT2D eigenvalue weighted by atomic mass is 14.6. The highest BCUT2D eigenvalue weighted by molar-refractivity contribution is 5.63. The summed E-state index contributed by atoms with van der Waals surface area (Å²) >= 11 is 0. The first-order chi connectivity index (χ1) is 11.7. The summed E-state index contributed by atoms with van der Waals surface area (Å²) in [6.45, 7) is 6.26. The van der Waals surface area contributed by atoms with Crippen LogP contribution < -0.4 is 5.73 Å². The molecule has 0 spiro atoms. The van der Waals surface area contributed by atoms with E-state index < -0.39 is 0 Å². The van der Waals surface area contributed by atoms with Crippen molar-refractivity contribution in [2.45, 2.75) is 39.2 Å². The second kappa shape index (κ2) is 9.24. The van der Waals surface area contributed by atoms with Gasteiger partial charge in [-0.25, -0.2) is 0 Å². The minimum absolute atomic E-state index is 0.149. The monoisotopic (exact) mass is 319 g/mol. The van der Waals surface area contributed by atoms with Crippen LogP contribution >= 0.6 is 0 Å². The summed E-state index contributed by atoms with van der Waals surface area (Å²) in [5.41, 5.74) is 10.1. The quantitative estimate of drug-likeness (QED) is 0.628. The Morgan fingerprint density at radius 2 is 1.50 bits per heavy atom. The summed E-state index contributed by atoms with van der Waals surface area (Å²) in [4.78, 5) is 0. The van der Waals surface area contributed by atoms with Crippen LogP contribution in [0.5, 0.6) is 0 Å². The predicted octanol–water partition coefficient (Wildman–Crippen LogP) is 5.94. The van der Waals surface area contributed by atoms with Gasteiger partial charge in [-0.2, -0.15) is 0 Å². The smallest absolute Gasteiger partial charge is 0.00637 e. The second-order valence-corrected chi connectivity index (χ2v) is 6.37. The van der Waals surface area contributed by atoms with Gasteiger partial charge in [0, 0.05) is 12.0 Å². The van der Waals surface area contributed by atoms with Gasteiger partial charge < -0.3 is 5.73 Å². The number of hydrogen-bond acceptors (Lipinski definition) is 1. The van der Waals surface area contributed by atoms with Crippen molar-refractivity contribution in [3.63, 3.8) is 0 Å². The van der Waals surface area contributed by atoms with E-state index >= 15 is 0 Å². The van der Waals surface area contributed by atoms with E-state index in [-0.39, 0.29) is 6.04 Å². The maximum atomic E-state index is 6.30. The normalized spacial score (nSPS) is 15.7. The third-order valence-corrected chi connectivity index (χ3v) is 4.58. The molecule has 2 aromatic carbocycles. The molecule has 0 aliphatic carbocycles. The SMILES string of the molecule is C/C=C\CC(C(C)N)C(/C=C\C)c1ccc(-c2ccccc2)cc1. The van der Waals surface area contributed by atoms with E-state index in [1.165, 1.54) is 16.7 Å². The molecule has 1 heteroatoms. The number of hydrogen-bond donors (Lipinski definition) is 1. The van der Waals surface area contributed by atoms with Gasteiger partial charge in [0.05, 0.1) is 0 Å². The Balaban J connectivity index is 2.30. The molecule has 0 radical (unpaired) electrons. The van der Waals surface area contributed by atoms with Crippen LogP contribution in [0.2, 0.25) is 0 Å². The number of benzene rings is 2. The molecule has 0 fully saturated rings. The van der Waals surface area contributed by atoms with E-state index in [1.54, 1.807) is 0 Å². The Bertz CT molecular complexity index is 650. The molecule has 3 atom stereocenters. The fourth-order valence-corrected chi connectivity index (χ4v) is 3.22. The van der Waals surface area contributed by atoms with Crippen LogP contribution in [-0.2, 0) is 0 Å². The van der Waals surface area contributed by atoms with Gasteiger partial charge in [-0.05, 0) is 49.8 Å². The zero-order valence-electron chi connectivity index (χ0n) is 15.0. The van der Waals surface area contributed by atoms with Crippen molar-refractivity contribution in [2.24, 2.45) is 11.7 Å². The largest absolute Gasteiger partial charge is 0.328 e. The van der Waals surface area contributed by atoms with Gasteiger partial charge in [0.25, 0.3) is 0 Å². The molecule has 0 aliphatic heterocycles. The molecule has 0 saturated carbocycles. The summed E-state index contributed by atoms with van der Waals surface area (Å²) in [6, 6.07) is 19.6. The van der Waals surface area contributed by atoms with Crippen LogP contribution in [0.3, 0.4) is 0 Å². The van der Waals surface area contributed by atoms with E-state index in [1.807, 2.05) is 0 Å². The fraction of sp³-hybridized carbons (Fsp3) is 0.304. The maximum absolute atomic E-state index is 6.30. The molecular formula is C23H29N. The summed E-state index contributed by atoms with van der Waals surface area (Å²) in [6.07, 6.45) is 9.77. The zero-order chi connectivity index (χ0) is 17.4. The lowest BCUT2D eigenvalue weighted by atomic mass is 9.79. The van der Waals surface area contributed by atoms with E-state index in [4.69, 9.17) is 5.73 Å². The summed E-state index contributed by atoms with van der Waals surface area (Å²) < 4.78 is 0. The Labute approximate surface area is 146 Å². The van der Waals surface area contributed by atoms with Crippen molar-refractivity contribution in [1.29, 1.82) is 0 Å². The van der Waals surface area contributed by atoms with Crippen molar-refractivity contribution in [3.8, 4) is 11.1 Å². The molecule has 0 amide bonds. The van der Waals surface area contributed by atoms with Gasteiger partial charge >= 0.3 is 0 Å². The summed E-state index contributed by atoms with van der Waals surface area (Å²) in [5, 5.41) is 0. The first-order valence-electron chi connectivity index (χ1n) is 8.82. The van der Waals surface area contributed by atoms with Crippen molar-refractivity contribution in [3.05, 3.63) is 84.5 Å². The molecule has 24 heavy (non-hydrogen) atoms. The highest BCUT2D eigenvalue weighted by Crippen LogP contribution is 2.32. The topological polar surface area (TPSA) is 26.0 Å². The van der Waals surface area contributed by atoms with Crippen LogP contribution in [0.15, 0.2) is 78.9 Å². The lowest BCUT2D eigenvalue weighted by Crippen LogP contribution is -2.30. The maximum Gasteiger partial charge on any atom is 0.00637 e. The average molecular weight is 319 g/mol. The lowest BCUT2D eigenvalue weighted by Gasteiger charge is -2.28. The van der Waals surface area contributed by atoms with E-state index in [0.717, 1.165) is 6.42 Å². The van der Waals surface area contributed by atoms with Crippen LogP contribution in [0.1, 0.15) is 38.7 Å². The molecule has 2 aromatic rings. The highest BCUT2D eigenvalue weighted by Gasteiger charge is 2.23. The lowest BCUT2D eigenvalue weighted by molar-refractivity contribution is 0.408. The molecule has 126 valence electrons. The van der Waals surface area contributed by atoms with E-state index in [2.05, 4.69) is 99.7 Å². The Kier molecular flexibility index (Phi) is 7.02. The fourth-order valence-electron chi connectivity index (χ4n) is 3.22. The van der Waals surface area contributed by atoms with Gasteiger partial charge in [0.15, 0.2) is 0 Å². The molecule has 0 saturated heterocycles. The Morgan fingerprint density at radius 3 is 2.04 bits per heavy atom. The number of allylic oxidation sites excluding steroid dienone is 4. The minimum Gasteiger partial charge on any atom is -0.328 e. The Morgan fingerprint density at radius 1 is 0.875 bits per heavy atom. The van der Waals surface area contributed by atoms with Crippen molar-refractivity contribution < 1.29 is 0 Å². The minimum atomic E-state index is 0.149. The molecule has 0 aliphatic rings. The standard InChI is InChI=1S/C23H29N/c1-4-6-13-22(18(3)24)23(10-5-2)21-16-14-20(15-17-21)19-11-8-7-9-12-19/h4-12,14-18,22-23H,13,24H2,1-3H3/b6-4-,10-5-. The Hall–Kier alpha value is -2.12. The van der Waals surface area contributed by atoms with Crippen molar-refractivity contribution in [2.75, 3.05) is 0 Å². The van der Waals surface area contributed by atoms with Gasteiger partial charge in [0.2, 0.25) is 0 Å². The average Bonchev–Trinajstić information content (AvgIpc) is 2.62. The third kappa shape index (κ3) is 4.69. The third-order valence-electron chi connectivity index (χ3n) is 4.58. The zero-order valence-corrected chi connectivity index (χ0v) is 15.0. The second-order valence-electron chi connectivity index (χ2n) is 6.37. The molecule has 2 rings (SSSR count). The molecule has 3 unspecified atom stereocenters. The van der Waals surface area contributed by atoms with E-state index in [9.17, 15) is 0 Å². The van der Waals surface area contributed by atoms with E-state index in [0.29, 0.717) is 11.8 Å².